The summed E-state index contributed by atoms with van der Waals surface area (Å²) in [5.41, 5.74) is 2.12. The zero-order valence-electron chi connectivity index (χ0n) is 13.6. The second kappa shape index (κ2) is 8.67. The minimum Gasteiger partial charge on any atom is -0.497 e. The van der Waals surface area contributed by atoms with E-state index in [9.17, 15) is 10.2 Å². The molecule has 3 unspecified atom stereocenters. The molecule has 0 fully saturated rings. The van der Waals surface area contributed by atoms with Gasteiger partial charge in [0.1, 0.15) is 5.75 Å². The summed E-state index contributed by atoms with van der Waals surface area (Å²) in [5.74, 6) is 0.779. The van der Waals surface area contributed by atoms with E-state index >= 15 is 0 Å². The number of hydrogen-bond donors (Lipinski definition) is 3. The van der Waals surface area contributed by atoms with Crippen molar-refractivity contribution >= 4 is 0 Å². The molecule has 0 aliphatic heterocycles. The van der Waals surface area contributed by atoms with Crippen LogP contribution in [0.15, 0.2) is 54.6 Å². The van der Waals surface area contributed by atoms with Crippen LogP contribution in [-0.2, 0) is 6.42 Å². The number of benzene rings is 2. The van der Waals surface area contributed by atoms with E-state index in [0.717, 1.165) is 16.9 Å². The standard InChI is InChI=1S/C19H25NO3/c1-14(22)19(16-8-10-18(23-2)11-9-16)20-17(13-21)12-15-6-4-3-5-7-15/h3-11,14,17,19-22H,12-13H2,1-2H3. The molecule has 4 nitrogen and oxygen atoms in total. The summed E-state index contributed by atoms with van der Waals surface area (Å²) >= 11 is 0. The van der Waals surface area contributed by atoms with E-state index in [0.29, 0.717) is 6.42 Å². The zero-order chi connectivity index (χ0) is 16.7. The van der Waals surface area contributed by atoms with Crippen molar-refractivity contribution in [2.75, 3.05) is 13.7 Å². The van der Waals surface area contributed by atoms with Gasteiger partial charge in [0.25, 0.3) is 0 Å². The normalized spacial score (nSPS) is 15.0. The van der Waals surface area contributed by atoms with Gasteiger partial charge in [0.2, 0.25) is 0 Å². The molecular formula is C19H25NO3. The Labute approximate surface area is 137 Å². The van der Waals surface area contributed by atoms with Crippen LogP contribution in [0.1, 0.15) is 24.1 Å². The fourth-order valence-corrected chi connectivity index (χ4v) is 2.65. The Morgan fingerprint density at radius 3 is 2.22 bits per heavy atom. The molecule has 4 heteroatoms. The first kappa shape index (κ1) is 17.5. The van der Waals surface area contributed by atoms with Crippen molar-refractivity contribution in [1.82, 2.24) is 5.32 Å². The number of nitrogens with one attached hydrogen (secondary N) is 1. The van der Waals surface area contributed by atoms with Gasteiger partial charge in [-0.2, -0.15) is 0 Å². The number of methoxy groups -OCH3 is 1. The molecule has 2 rings (SSSR count). The second-order valence-electron chi connectivity index (χ2n) is 5.73. The summed E-state index contributed by atoms with van der Waals surface area (Å²) in [6.45, 7) is 1.76. The third-order valence-corrected chi connectivity index (χ3v) is 3.92. The molecule has 2 aromatic rings. The van der Waals surface area contributed by atoms with Gasteiger partial charge in [-0.3, -0.25) is 0 Å². The Morgan fingerprint density at radius 1 is 1.04 bits per heavy atom. The topological polar surface area (TPSA) is 61.7 Å². The van der Waals surface area contributed by atoms with E-state index in [1.54, 1.807) is 14.0 Å². The molecule has 3 atom stereocenters. The Hall–Kier alpha value is -1.88. The SMILES string of the molecule is COc1ccc(C(NC(CO)Cc2ccccc2)C(C)O)cc1. The largest absolute Gasteiger partial charge is 0.497 e. The van der Waals surface area contributed by atoms with Crippen molar-refractivity contribution in [2.45, 2.75) is 31.5 Å². The predicted octanol–water partition coefficient (Wildman–Crippen LogP) is 2.31. The number of aliphatic hydroxyl groups excluding tert-OH is 2. The maximum absolute atomic E-state index is 10.1. The molecule has 0 saturated heterocycles. The van der Waals surface area contributed by atoms with Gasteiger partial charge < -0.3 is 20.3 Å². The average molecular weight is 315 g/mol. The van der Waals surface area contributed by atoms with Crippen molar-refractivity contribution < 1.29 is 14.9 Å². The molecule has 0 aromatic heterocycles. The van der Waals surface area contributed by atoms with Crippen LogP contribution >= 0.6 is 0 Å². The molecule has 0 bridgehead atoms. The Morgan fingerprint density at radius 2 is 1.70 bits per heavy atom. The maximum Gasteiger partial charge on any atom is 0.118 e. The number of ether oxygens (including phenoxy) is 1. The quantitative estimate of drug-likeness (QED) is 0.699. The highest BCUT2D eigenvalue weighted by Crippen LogP contribution is 2.21. The lowest BCUT2D eigenvalue weighted by Crippen LogP contribution is -2.41. The van der Waals surface area contributed by atoms with Crippen LogP contribution in [-0.4, -0.2) is 36.1 Å². The number of rotatable bonds is 8. The first-order valence-corrected chi connectivity index (χ1v) is 7.87. The zero-order valence-corrected chi connectivity index (χ0v) is 13.6. The van der Waals surface area contributed by atoms with Gasteiger partial charge in [0.15, 0.2) is 0 Å². The minimum absolute atomic E-state index is 0.00820. The molecule has 124 valence electrons. The fraction of sp³-hybridized carbons (Fsp3) is 0.368. The first-order chi connectivity index (χ1) is 11.1. The van der Waals surface area contributed by atoms with Crippen molar-refractivity contribution in [3.05, 3.63) is 65.7 Å². The first-order valence-electron chi connectivity index (χ1n) is 7.87. The van der Waals surface area contributed by atoms with Gasteiger partial charge in [-0.1, -0.05) is 42.5 Å². The summed E-state index contributed by atoms with van der Waals surface area (Å²) in [4.78, 5) is 0. The maximum atomic E-state index is 10.1. The highest BCUT2D eigenvalue weighted by molar-refractivity contribution is 5.29. The smallest absolute Gasteiger partial charge is 0.118 e. The van der Waals surface area contributed by atoms with Crippen LogP contribution in [0.4, 0.5) is 0 Å². The highest BCUT2D eigenvalue weighted by atomic mass is 16.5. The van der Waals surface area contributed by atoms with Crippen LogP contribution < -0.4 is 10.1 Å². The van der Waals surface area contributed by atoms with Crippen molar-refractivity contribution in [2.24, 2.45) is 0 Å². The van der Waals surface area contributed by atoms with Crippen LogP contribution in [0.3, 0.4) is 0 Å². The lowest BCUT2D eigenvalue weighted by atomic mass is 9.99. The van der Waals surface area contributed by atoms with E-state index in [-0.39, 0.29) is 18.7 Å². The molecule has 0 spiro atoms. The van der Waals surface area contributed by atoms with E-state index in [1.165, 1.54) is 0 Å². The van der Waals surface area contributed by atoms with E-state index in [2.05, 4.69) is 5.32 Å². The molecule has 0 radical (unpaired) electrons. The summed E-state index contributed by atoms with van der Waals surface area (Å²) in [6.07, 6.45) is 0.129. The van der Waals surface area contributed by atoms with E-state index < -0.39 is 6.10 Å². The second-order valence-corrected chi connectivity index (χ2v) is 5.73. The molecule has 2 aromatic carbocycles. The molecule has 0 heterocycles. The summed E-state index contributed by atoms with van der Waals surface area (Å²) < 4.78 is 5.17. The average Bonchev–Trinajstić information content (AvgIpc) is 2.59. The predicted molar refractivity (Wildman–Crippen MR) is 91.6 cm³/mol. The van der Waals surface area contributed by atoms with Crippen LogP contribution in [0.5, 0.6) is 5.75 Å². The van der Waals surface area contributed by atoms with Gasteiger partial charge in [0.05, 0.1) is 25.9 Å². The Kier molecular flexibility index (Phi) is 6.59. The van der Waals surface area contributed by atoms with E-state index in [4.69, 9.17) is 4.74 Å². The summed E-state index contributed by atoms with van der Waals surface area (Å²) in [5, 5.41) is 23.2. The van der Waals surface area contributed by atoms with Crippen LogP contribution in [0.2, 0.25) is 0 Å². The van der Waals surface area contributed by atoms with Crippen LogP contribution in [0.25, 0.3) is 0 Å². The van der Waals surface area contributed by atoms with Gasteiger partial charge in [-0.15, -0.1) is 0 Å². The van der Waals surface area contributed by atoms with Gasteiger partial charge in [0, 0.05) is 6.04 Å². The number of aliphatic hydroxyl groups is 2. The lowest BCUT2D eigenvalue weighted by molar-refractivity contribution is 0.126. The van der Waals surface area contributed by atoms with Crippen molar-refractivity contribution in [3.8, 4) is 5.75 Å². The summed E-state index contributed by atoms with van der Waals surface area (Å²) in [6, 6.07) is 17.3. The third-order valence-electron chi connectivity index (χ3n) is 3.92. The molecule has 0 saturated carbocycles. The number of hydrogen-bond acceptors (Lipinski definition) is 4. The molecule has 0 amide bonds. The molecular weight excluding hydrogens is 290 g/mol. The molecule has 0 aliphatic carbocycles. The van der Waals surface area contributed by atoms with Gasteiger partial charge in [-0.25, -0.2) is 0 Å². The van der Waals surface area contributed by atoms with Gasteiger partial charge in [-0.05, 0) is 36.6 Å². The molecule has 3 N–H and O–H groups in total. The van der Waals surface area contributed by atoms with Gasteiger partial charge >= 0.3 is 0 Å². The molecule has 0 aliphatic rings. The van der Waals surface area contributed by atoms with Crippen molar-refractivity contribution in [1.29, 1.82) is 0 Å². The summed E-state index contributed by atoms with van der Waals surface area (Å²) in [7, 11) is 1.63. The third kappa shape index (κ3) is 5.06. The monoisotopic (exact) mass is 315 g/mol. The molecule has 23 heavy (non-hydrogen) atoms. The Bertz CT molecular complexity index is 569. The highest BCUT2D eigenvalue weighted by Gasteiger charge is 2.21. The Balaban J connectivity index is 2.10. The van der Waals surface area contributed by atoms with Crippen molar-refractivity contribution in [3.63, 3.8) is 0 Å². The fourth-order valence-electron chi connectivity index (χ4n) is 2.65. The van der Waals surface area contributed by atoms with Crippen LogP contribution in [0, 0.1) is 0 Å². The lowest BCUT2D eigenvalue weighted by Gasteiger charge is -2.27. The minimum atomic E-state index is -0.576. The van der Waals surface area contributed by atoms with E-state index in [1.807, 2.05) is 54.6 Å².